The number of carbonyl (C=O) groups is 2. The van der Waals surface area contributed by atoms with Gasteiger partial charge in [0.05, 0.1) is 6.04 Å². The van der Waals surface area contributed by atoms with Gasteiger partial charge in [-0.15, -0.1) is 0 Å². The van der Waals surface area contributed by atoms with E-state index in [1.807, 2.05) is 25.3 Å². The van der Waals surface area contributed by atoms with Gasteiger partial charge in [0.1, 0.15) is 17.7 Å². The van der Waals surface area contributed by atoms with Crippen LogP contribution in [0.2, 0.25) is 0 Å². The lowest BCUT2D eigenvalue weighted by Crippen LogP contribution is -2.47. The number of nitrogens with zero attached hydrogens (tertiary/aromatic N) is 3. The van der Waals surface area contributed by atoms with Gasteiger partial charge in [-0.3, -0.25) is 9.59 Å². The zero-order valence-corrected chi connectivity index (χ0v) is 13.8. The first-order valence-corrected chi connectivity index (χ1v) is 8.19. The van der Waals surface area contributed by atoms with Crippen molar-refractivity contribution in [3.8, 4) is 0 Å². The molecule has 1 aromatic heterocycles. The third-order valence-corrected chi connectivity index (χ3v) is 4.60. The minimum Gasteiger partial charge on any atom is -0.348 e. The number of nitrogens with one attached hydrogen (secondary N) is 1. The highest BCUT2D eigenvalue weighted by Crippen LogP contribution is 2.35. The molecule has 1 atom stereocenters. The molecule has 1 fully saturated rings. The van der Waals surface area contributed by atoms with Crippen molar-refractivity contribution in [3.05, 3.63) is 17.7 Å². The molecule has 0 unspecified atom stereocenters. The zero-order valence-electron chi connectivity index (χ0n) is 13.8. The van der Waals surface area contributed by atoms with E-state index in [1.54, 1.807) is 11.1 Å². The summed E-state index contributed by atoms with van der Waals surface area (Å²) in [5.74, 6) is 0.326. The summed E-state index contributed by atoms with van der Waals surface area (Å²) in [5, 5.41) is 2.82. The second-order valence-electron chi connectivity index (χ2n) is 6.78. The molecule has 1 aliphatic heterocycles. The number of aromatic nitrogens is 2. The second-order valence-corrected chi connectivity index (χ2v) is 6.78. The maximum Gasteiger partial charge on any atom is 0.271 e. The molecule has 1 N–H and O–H groups in total. The molecule has 0 saturated heterocycles. The summed E-state index contributed by atoms with van der Waals surface area (Å²) < 4.78 is 14.9. The first-order chi connectivity index (χ1) is 10.9. The van der Waals surface area contributed by atoms with Crippen molar-refractivity contribution in [2.45, 2.75) is 58.4 Å². The third-order valence-electron chi connectivity index (χ3n) is 4.60. The molecule has 7 heteroatoms. The Labute approximate surface area is 135 Å². The monoisotopic (exact) mass is 322 g/mol. The van der Waals surface area contributed by atoms with Crippen molar-refractivity contribution in [2.24, 2.45) is 5.92 Å². The van der Waals surface area contributed by atoms with Gasteiger partial charge in [-0.05, 0) is 33.6 Å². The van der Waals surface area contributed by atoms with Gasteiger partial charge in [0.2, 0.25) is 5.91 Å². The third kappa shape index (κ3) is 2.96. The summed E-state index contributed by atoms with van der Waals surface area (Å²) in [5.41, 5.74) is 0.377. The molecular formula is C16H23FN4O2. The number of hydrogen-bond acceptors (Lipinski definition) is 3. The van der Waals surface area contributed by atoms with E-state index in [2.05, 4.69) is 10.3 Å². The van der Waals surface area contributed by atoms with Crippen molar-refractivity contribution in [1.29, 1.82) is 0 Å². The van der Waals surface area contributed by atoms with Crippen LogP contribution in [0.5, 0.6) is 0 Å². The van der Waals surface area contributed by atoms with Crippen molar-refractivity contribution in [1.82, 2.24) is 19.8 Å². The molecule has 23 heavy (non-hydrogen) atoms. The van der Waals surface area contributed by atoms with Gasteiger partial charge in [-0.2, -0.15) is 0 Å². The first-order valence-electron chi connectivity index (χ1n) is 8.19. The Hall–Kier alpha value is -1.92. The summed E-state index contributed by atoms with van der Waals surface area (Å²) in [6.45, 7) is 6.88. The van der Waals surface area contributed by atoms with Crippen molar-refractivity contribution in [2.75, 3.05) is 6.54 Å². The van der Waals surface area contributed by atoms with Crippen LogP contribution in [0.4, 0.5) is 4.39 Å². The maximum absolute atomic E-state index is 13.0. The van der Waals surface area contributed by atoms with E-state index in [1.165, 1.54) is 0 Å². The Balaban J connectivity index is 1.74. The summed E-state index contributed by atoms with van der Waals surface area (Å²) in [7, 11) is 0. The van der Waals surface area contributed by atoms with Crippen LogP contribution in [0.25, 0.3) is 0 Å². The number of carbonyl (C=O) groups excluding carboxylic acids is 2. The minimum absolute atomic E-state index is 0.00818. The van der Waals surface area contributed by atoms with Crippen molar-refractivity contribution < 1.29 is 14.0 Å². The van der Waals surface area contributed by atoms with Gasteiger partial charge in [0.15, 0.2) is 0 Å². The SMILES string of the molecule is CC(C)NC(=O)c1cn2c(n1)[C@@H](C)N(C(=O)C1CC(F)C1)CC2. The van der Waals surface area contributed by atoms with E-state index in [9.17, 15) is 14.0 Å². The molecule has 0 bridgehead atoms. The summed E-state index contributed by atoms with van der Waals surface area (Å²) in [6, 6.07) is -0.153. The van der Waals surface area contributed by atoms with Crippen molar-refractivity contribution >= 4 is 11.8 Å². The summed E-state index contributed by atoms with van der Waals surface area (Å²) in [6.07, 6.45) is 1.57. The van der Waals surface area contributed by atoms with E-state index in [-0.39, 0.29) is 29.8 Å². The molecule has 0 radical (unpaired) electrons. The molecule has 2 aliphatic rings. The number of fused-ring (bicyclic) bond motifs is 1. The predicted molar refractivity (Wildman–Crippen MR) is 82.6 cm³/mol. The molecule has 0 aromatic carbocycles. The average Bonchev–Trinajstić information content (AvgIpc) is 2.88. The van der Waals surface area contributed by atoms with E-state index in [4.69, 9.17) is 0 Å². The van der Waals surface area contributed by atoms with Gasteiger partial charge in [-0.1, -0.05) is 0 Å². The van der Waals surface area contributed by atoms with Crippen LogP contribution in [0, 0.1) is 5.92 Å². The molecule has 2 amide bonds. The van der Waals surface area contributed by atoms with E-state index in [0.29, 0.717) is 31.6 Å². The fraction of sp³-hybridized carbons (Fsp3) is 0.688. The van der Waals surface area contributed by atoms with Gasteiger partial charge >= 0.3 is 0 Å². The number of hydrogen-bond donors (Lipinski definition) is 1. The standard InChI is InChI=1S/C16H23FN4O2/c1-9(2)18-15(22)13-8-20-4-5-21(10(3)14(20)19-13)16(23)11-6-12(17)7-11/h8-12H,4-7H2,1-3H3,(H,18,22)/t10-,11?,12?/m1/s1. The summed E-state index contributed by atoms with van der Waals surface area (Å²) >= 11 is 0. The topological polar surface area (TPSA) is 67.2 Å². The van der Waals surface area contributed by atoms with Crippen LogP contribution in [0.1, 0.15) is 56.0 Å². The molecule has 3 rings (SSSR count). The van der Waals surface area contributed by atoms with Crippen LogP contribution in [-0.2, 0) is 11.3 Å². The average molecular weight is 322 g/mol. The van der Waals surface area contributed by atoms with E-state index >= 15 is 0 Å². The van der Waals surface area contributed by atoms with Crippen LogP contribution >= 0.6 is 0 Å². The Bertz CT molecular complexity index is 622. The van der Waals surface area contributed by atoms with Crippen LogP contribution in [0.3, 0.4) is 0 Å². The van der Waals surface area contributed by atoms with Crippen LogP contribution in [0.15, 0.2) is 6.20 Å². The fourth-order valence-corrected chi connectivity index (χ4v) is 3.22. The predicted octanol–water partition coefficient (Wildman–Crippen LogP) is 1.67. The van der Waals surface area contributed by atoms with Crippen molar-refractivity contribution in [3.63, 3.8) is 0 Å². The lowest BCUT2D eigenvalue weighted by atomic mass is 9.82. The normalized spacial score (nSPS) is 26.7. The second kappa shape index (κ2) is 5.94. The maximum atomic E-state index is 13.0. The highest BCUT2D eigenvalue weighted by molar-refractivity contribution is 5.92. The first kappa shape index (κ1) is 16.0. The number of imidazole rings is 1. The van der Waals surface area contributed by atoms with Crippen LogP contribution < -0.4 is 5.32 Å². The summed E-state index contributed by atoms with van der Waals surface area (Å²) in [4.78, 5) is 30.7. The van der Waals surface area contributed by atoms with Gasteiger partial charge in [-0.25, -0.2) is 9.37 Å². The number of halogens is 1. The highest BCUT2D eigenvalue weighted by atomic mass is 19.1. The quantitative estimate of drug-likeness (QED) is 0.920. The number of alkyl halides is 1. The Morgan fingerprint density at radius 1 is 1.35 bits per heavy atom. The molecular weight excluding hydrogens is 299 g/mol. The molecule has 2 heterocycles. The number of rotatable bonds is 3. The largest absolute Gasteiger partial charge is 0.348 e. The Morgan fingerprint density at radius 3 is 2.65 bits per heavy atom. The molecule has 1 aromatic rings. The lowest BCUT2D eigenvalue weighted by molar-refractivity contribution is -0.143. The van der Waals surface area contributed by atoms with Gasteiger partial charge < -0.3 is 14.8 Å². The zero-order chi connectivity index (χ0) is 16.7. The van der Waals surface area contributed by atoms with Gasteiger partial charge in [0, 0.05) is 31.2 Å². The molecule has 1 aliphatic carbocycles. The molecule has 6 nitrogen and oxygen atoms in total. The smallest absolute Gasteiger partial charge is 0.271 e. The van der Waals surface area contributed by atoms with Gasteiger partial charge in [0.25, 0.3) is 5.91 Å². The molecule has 126 valence electrons. The van der Waals surface area contributed by atoms with E-state index in [0.717, 1.165) is 5.82 Å². The Morgan fingerprint density at radius 2 is 2.04 bits per heavy atom. The fourth-order valence-electron chi connectivity index (χ4n) is 3.22. The lowest BCUT2D eigenvalue weighted by Gasteiger charge is -2.39. The highest BCUT2D eigenvalue weighted by Gasteiger charge is 2.40. The molecule has 0 spiro atoms. The minimum atomic E-state index is -0.836. The Kier molecular flexibility index (Phi) is 4.12. The van der Waals surface area contributed by atoms with E-state index < -0.39 is 6.17 Å². The van der Waals surface area contributed by atoms with Crippen LogP contribution in [-0.4, -0.2) is 45.0 Å². The molecule has 1 saturated carbocycles. The number of amides is 2.